The number of nitrogens with two attached hydrogens (primary N) is 1. The number of carbonyl (C=O) groups excluding carboxylic acids is 1. The van der Waals surface area contributed by atoms with Gasteiger partial charge >= 0.3 is 11.9 Å². The maximum atomic E-state index is 11.5. The Morgan fingerprint density at radius 1 is 1.44 bits per heavy atom. The summed E-state index contributed by atoms with van der Waals surface area (Å²) >= 11 is 0. The Morgan fingerprint density at radius 2 is 2.11 bits per heavy atom. The maximum Gasteiger partial charge on any atom is 0.344 e. The number of esters is 1. The van der Waals surface area contributed by atoms with Crippen molar-refractivity contribution in [1.82, 2.24) is 0 Å². The third-order valence-electron chi connectivity index (χ3n) is 2.33. The minimum absolute atomic E-state index is 0.108. The van der Waals surface area contributed by atoms with Crippen LogP contribution in [0.1, 0.15) is 23.7 Å². The van der Waals surface area contributed by atoms with Gasteiger partial charge in [0.2, 0.25) is 0 Å². The van der Waals surface area contributed by atoms with Gasteiger partial charge in [0.25, 0.3) is 0 Å². The Hall–Kier alpha value is -2.24. The van der Waals surface area contributed by atoms with Gasteiger partial charge in [-0.1, -0.05) is 6.92 Å². The SMILES string of the molecule is CCC(Oc1cc(N)ccc1C(=O)OC)C(=O)O. The monoisotopic (exact) mass is 253 g/mol. The number of hydrogen-bond donors (Lipinski definition) is 2. The van der Waals surface area contributed by atoms with E-state index in [1.807, 2.05) is 0 Å². The number of methoxy groups -OCH3 is 1. The highest BCUT2D eigenvalue weighted by Crippen LogP contribution is 2.24. The van der Waals surface area contributed by atoms with Crippen LogP contribution in [0.25, 0.3) is 0 Å². The largest absolute Gasteiger partial charge is 0.479 e. The quantitative estimate of drug-likeness (QED) is 0.606. The zero-order valence-corrected chi connectivity index (χ0v) is 10.2. The minimum Gasteiger partial charge on any atom is -0.479 e. The molecule has 6 heteroatoms. The molecular formula is C12H15NO5. The Morgan fingerprint density at radius 3 is 2.61 bits per heavy atom. The van der Waals surface area contributed by atoms with Crippen molar-refractivity contribution in [1.29, 1.82) is 0 Å². The van der Waals surface area contributed by atoms with E-state index in [1.165, 1.54) is 25.3 Å². The zero-order valence-electron chi connectivity index (χ0n) is 10.2. The summed E-state index contributed by atoms with van der Waals surface area (Å²) in [5.74, 6) is -1.60. The van der Waals surface area contributed by atoms with Crippen LogP contribution in [0.5, 0.6) is 5.75 Å². The summed E-state index contributed by atoms with van der Waals surface area (Å²) in [6.45, 7) is 1.67. The molecule has 0 aromatic heterocycles. The molecule has 6 nitrogen and oxygen atoms in total. The second-order valence-corrected chi connectivity index (χ2v) is 3.60. The predicted octanol–water partition coefficient (Wildman–Crippen LogP) is 1.30. The lowest BCUT2D eigenvalue weighted by Gasteiger charge is -2.15. The van der Waals surface area contributed by atoms with E-state index in [0.29, 0.717) is 5.69 Å². The van der Waals surface area contributed by atoms with Crippen LogP contribution >= 0.6 is 0 Å². The molecule has 0 bridgehead atoms. The summed E-state index contributed by atoms with van der Waals surface area (Å²) in [5, 5.41) is 8.92. The smallest absolute Gasteiger partial charge is 0.344 e. The van der Waals surface area contributed by atoms with E-state index in [0.717, 1.165) is 0 Å². The van der Waals surface area contributed by atoms with E-state index in [-0.39, 0.29) is 17.7 Å². The molecule has 0 saturated carbocycles. The standard InChI is InChI=1S/C12H15NO5/c1-3-9(11(14)15)18-10-6-7(13)4-5-8(10)12(16)17-2/h4-6,9H,3,13H2,1-2H3,(H,14,15). The molecule has 1 aromatic rings. The number of nitrogen functional groups attached to an aromatic ring is 1. The van der Waals surface area contributed by atoms with Crippen LogP contribution in [-0.2, 0) is 9.53 Å². The highest BCUT2D eigenvalue weighted by molar-refractivity contribution is 5.93. The number of ether oxygens (including phenoxy) is 2. The molecule has 0 aliphatic rings. The summed E-state index contributed by atoms with van der Waals surface area (Å²) in [7, 11) is 1.23. The number of carboxylic acids is 1. The van der Waals surface area contributed by atoms with Crippen molar-refractivity contribution in [2.24, 2.45) is 0 Å². The fourth-order valence-corrected chi connectivity index (χ4v) is 1.38. The van der Waals surface area contributed by atoms with Gasteiger partial charge in [0.15, 0.2) is 6.10 Å². The summed E-state index contributed by atoms with van der Waals surface area (Å²) in [6, 6.07) is 4.35. The molecule has 0 spiro atoms. The van der Waals surface area contributed by atoms with Gasteiger partial charge < -0.3 is 20.3 Å². The number of aliphatic carboxylic acids is 1. The average molecular weight is 253 g/mol. The minimum atomic E-state index is -1.10. The van der Waals surface area contributed by atoms with Crippen molar-refractivity contribution in [2.75, 3.05) is 12.8 Å². The van der Waals surface area contributed by atoms with E-state index >= 15 is 0 Å². The van der Waals surface area contributed by atoms with E-state index in [9.17, 15) is 9.59 Å². The first-order valence-electron chi connectivity index (χ1n) is 5.36. The molecule has 98 valence electrons. The Kier molecular flexibility index (Phi) is 4.53. The second kappa shape index (κ2) is 5.90. The van der Waals surface area contributed by atoms with Gasteiger partial charge in [-0.15, -0.1) is 0 Å². The van der Waals surface area contributed by atoms with Crippen LogP contribution in [0, 0.1) is 0 Å². The first kappa shape index (κ1) is 13.8. The third-order valence-corrected chi connectivity index (χ3v) is 2.33. The molecule has 1 atom stereocenters. The van der Waals surface area contributed by atoms with Crippen molar-refractivity contribution < 1.29 is 24.2 Å². The lowest BCUT2D eigenvalue weighted by Crippen LogP contribution is -2.26. The number of carbonyl (C=O) groups is 2. The van der Waals surface area contributed by atoms with Crippen molar-refractivity contribution in [2.45, 2.75) is 19.4 Å². The number of anilines is 1. The molecule has 1 unspecified atom stereocenters. The average Bonchev–Trinajstić information content (AvgIpc) is 2.34. The van der Waals surface area contributed by atoms with Crippen LogP contribution < -0.4 is 10.5 Å². The summed E-state index contributed by atoms with van der Waals surface area (Å²) in [6.07, 6.45) is -0.764. The fraction of sp³-hybridized carbons (Fsp3) is 0.333. The Labute approximate surface area is 104 Å². The van der Waals surface area contributed by atoms with Crippen molar-refractivity contribution >= 4 is 17.6 Å². The lowest BCUT2D eigenvalue weighted by molar-refractivity contribution is -0.145. The molecule has 3 N–H and O–H groups in total. The molecule has 0 aliphatic heterocycles. The highest BCUT2D eigenvalue weighted by Gasteiger charge is 2.21. The van der Waals surface area contributed by atoms with Crippen molar-refractivity contribution in [3.05, 3.63) is 23.8 Å². The summed E-state index contributed by atoms with van der Waals surface area (Å²) in [4.78, 5) is 22.4. The molecular weight excluding hydrogens is 238 g/mol. The van der Waals surface area contributed by atoms with Crippen LogP contribution in [0.3, 0.4) is 0 Å². The molecule has 1 aromatic carbocycles. The predicted molar refractivity (Wildman–Crippen MR) is 64.5 cm³/mol. The maximum absolute atomic E-state index is 11.5. The number of benzene rings is 1. The van der Waals surface area contributed by atoms with Gasteiger partial charge in [-0.3, -0.25) is 0 Å². The van der Waals surface area contributed by atoms with E-state index < -0.39 is 18.0 Å². The van der Waals surface area contributed by atoms with Gasteiger partial charge in [-0.2, -0.15) is 0 Å². The molecule has 0 aliphatic carbocycles. The van der Waals surface area contributed by atoms with Crippen LogP contribution in [0.15, 0.2) is 18.2 Å². The number of rotatable bonds is 5. The third kappa shape index (κ3) is 3.13. The van der Waals surface area contributed by atoms with Crippen LogP contribution in [0.4, 0.5) is 5.69 Å². The molecule has 0 heterocycles. The highest BCUT2D eigenvalue weighted by atomic mass is 16.5. The van der Waals surface area contributed by atoms with Crippen molar-refractivity contribution in [3.8, 4) is 5.75 Å². The van der Waals surface area contributed by atoms with Gasteiger partial charge in [0, 0.05) is 11.8 Å². The lowest BCUT2D eigenvalue weighted by atomic mass is 10.1. The topological polar surface area (TPSA) is 98.9 Å². The fourth-order valence-electron chi connectivity index (χ4n) is 1.38. The number of hydrogen-bond acceptors (Lipinski definition) is 5. The molecule has 18 heavy (non-hydrogen) atoms. The first-order chi connectivity index (χ1) is 8.49. The molecule has 0 fully saturated rings. The van der Waals surface area contributed by atoms with Crippen molar-refractivity contribution in [3.63, 3.8) is 0 Å². The molecule has 0 amide bonds. The van der Waals surface area contributed by atoms with E-state index in [1.54, 1.807) is 6.92 Å². The van der Waals surface area contributed by atoms with Gasteiger partial charge in [0.1, 0.15) is 11.3 Å². The van der Waals surface area contributed by atoms with Gasteiger partial charge in [-0.05, 0) is 18.6 Å². The van der Waals surface area contributed by atoms with E-state index in [2.05, 4.69) is 4.74 Å². The van der Waals surface area contributed by atoms with Gasteiger partial charge in [0.05, 0.1) is 7.11 Å². The normalized spacial score (nSPS) is 11.7. The Balaban J connectivity index is 3.09. The molecule has 0 saturated heterocycles. The van der Waals surface area contributed by atoms with Crippen LogP contribution in [-0.4, -0.2) is 30.3 Å². The second-order valence-electron chi connectivity index (χ2n) is 3.60. The van der Waals surface area contributed by atoms with Gasteiger partial charge in [-0.25, -0.2) is 9.59 Å². The summed E-state index contributed by atoms with van der Waals surface area (Å²) in [5.41, 5.74) is 6.10. The van der Waals surface area contributed by atoms with Crippen LogP contribution in [0.2, 0.25) is 0 Å². The molecule has 1 rings (SSSR count). The number of carboxylic acid groups (broad SMARTS) is 1. The van der Waals surface area contributed by atoms with E-state index in [4.69, 9.17) is 15.6 Å². The Bertz CT molecular complexity index is 458. The first-order valence-corrected chi connectivity index (χ1v) is 5.36. The molecule has 0 radical (unpaired) electrons. The zero-order chi connectivity index (χ0) is 13.7. The summed E-state index contributed by atoms with van der Waals surface area (Å²) < 4.78 is 9.86.